The highest BCUT2D eigenvalue weighted by Gasteiger charge is 2.52. The van der Waals surface area contributed by atoms with E-state index >= 15 is 0 Å². The van der Waals surface area contributed by atoms with Gasteiger partial charge < -0.3 is 9.80 Å². The average molecular weight is 242 g/mol. The van der Waals surface area contributed by atoms with E-state index in [0.717, 1.165) is 25.1 Å². The van der Waals surface area contributed by atoms with Crippen LogP contribution in [0, 0.1) is 0 Å². The second kappa shape index (κ2) is 4.65. The molecule has 5 heteroatoms. The molecule has 2 aliphatic heterocycles. The van der Waals surface area contributed by atoms with Crippen molar-refractivity contribution in [2.45, 2.75) is 38.8 Å². The van der Waals surface area contributed by atoms with Gasteiger partial charge in [-0.25, -0.2) is 4.79 Å². The van der Waals surface area contributed by atoms with E-state index in [9.17, 15) is 9.59 Å². The third-order valence-corrected chi connectivity index (χ3v) is 4.19. The molecule has 4 nitrogen and oxygen atoms in total. The Kier molecular flexibility index (Phi) is 3.42. The molecule has 2 fully saturated rings. The summed E-state index contributed by atoms with van der Waals surface area (Å²) >= 11 is 1.38. The van der Waals surface area contributed by atoms with Crippen LogP contribution in [0.4, 0.5) is 4.79 Å². The number of amides is 2. The van der Waals surface area contributed by atoms with Gasteiger partial charge in [0.15, 0.2) is 0 Å². The predicted octanol–water partition coefficient (Wildman–Crippen LogP) is 1.55. The zero-order valence-electron chi connectivity index (χ0n) is 9.81. The van der Waals surface area contributed by atoms with Crippen molar-refractivity contribution < 1.29 is 9.59 Å². The molecule has 0 bridgehead atoms. The molecule has 2 amide bonds. The summed E-state index contributed by atoms with van der Waals surface area (Å²) in [5, 5.41) is 0.172. The number of nitrogens with zero attached hydrogens (tertiary/aromatic N) is 2. The number of carbonyl (C=O) groups excluding carboxylic acids is 2. The van der Waals surface area contributed by atoms with E-state index < -0.39 is 0 Å². The third-order valence-electron chi connectivity index (χ3n) is 3.16. The second-order valence-electron chi connectivity index (χ2n) is 4.31. The van der Waals surface area contributed by atoms with Crippen molar-refractivity contribution in [2.24, 2.45) is 0 Å². The number of carbonyl (C=O) groups is 2. The number of hydrogen-bond acceptors (Lipinski definition) is 3. The summed E-state index contributed by atoms with van der Waals surface area (Å²) in [6, 6.07) is 0.00727. The molecule has 0 aromatic rings. The van der Waals surface area contributed by atoms with Crippen molar-refractivity contribution in [1.29, 1.82) is 0 Å². The first-order valence-corrected chi connectivity index (χ1v) is 6.93. The van der Waals surface area contributed by atoms with E-state index in [-0.39, 0.29) is 23.2 Å². The van der Waals surface area contributed by atoms with Gasteiger partial charge in [-0.1, -0.05) is 25.6 Å². The molecule has 0 aromatic heterocycles. The molecule has 0 aromatic carbocycles. The van der Waals surface area contributed by atoms with Crippen molar-refractivity contribution >= 4 is 22.9 Å². The Balaban J connectivity index is 2.20. The third kappa shape index (κ3) is 1.71. The Bertz CT molecular complexity index is 308. The van der Waals surface area contributed by atoms with Crippen molar-refractivity contribution in [1.82, 2.24) is 9.80 Å². The predicted molar refractivity (Wildman–Crippen MR) is 64.4 cm³/mol. The smallest absolute Gasteiger partial charge is 0.318 e. The van der Waals surface area contributed by atoms with E-state index in [1.807, 2.05) is 11.8 Å². The molecule has 2 unspecified atom stereocenters. The van der Waals surface area contributed by atoms with Crippen molar-refractivity contribution in [3.8, 4) is 0 Å². The van der Waals surface area contributed by atoms with Gasteiger partial charge in [-0.3, -0.25) is 4.79 Å². The summed E-state index contributed by atoms with van der Waals surface area (Å²) in [4.78, 5) is 27.6. The highest BCUT2D eigenvalue weighted by Crippen LogP contribution is 2.35. The SMILES string of the molecule is CCCN1C(=O)N(CCC)C2C(=O)SCC21. The summed E-state index contributed by atoms with van der Waals surface area (Å²) in [5.41, 5.74) is 0. The summed E-state index contributed by atoms with van der Waals surface area (Å²) < 4.78 is 0. The van der Waals surface area contributed by atoms with E-state index in [1.165, 1.54) is 11.8 Å². The van der Waals surface area contributed by atoms with Gasteiger partial charge in [0.2, 0.25) is 5.12 Å². The van der Waals surface area contributed by atoms with Gasteiger partial charge in [0.25, 0.3) is 0 Å². The first kappa shape index (κ1) is 11.8. The largest absolute Gasteiger partial charge is 0.321 e. The number of fused-ring (bicyclic) bond motifs is 1. The van der Waals surface area contributed by atoms with Crippen molar-refractivity contribution in [2.75, 3.05) is 18.8 Å². The Morgan fingerprint density at radius 1 is 1.19 bits per heavy atom. The van der Waals surface area contributed by atoms with Gasteiger partial charge >= 0.3 is 6.03 Å². The van der Waals surface area contributed by atoms with Gasteiger partial charge in [-0.2, -0.15) is 0 Å². The summed E-state index contributed by atoms with van der Waals surface area (Å²) in [7, 11) is 0. The van der Waals surface area contributed by atoms with E-state index in [0.29, 0.717) is 6.54 Å². The zero-order chi connectivity index (χ0) is 11.7. The maximum Gasteiger partial charge on any atom is 0.321 e. The van der Waals surface area contributed by atoms with Crippen LogP contribution in [0.25, 0.3) is 0 Å². The number of urea groups is 1. The highest BCUT2D eigenvalue weighted by molar-refractivity contribution is 8.14. The summed E-state index contributed by atoms with van der Waals surface area (Å²) in [6.07, 6.45) is 1.86. The molecule has 2 atom stereocenters. The monoisotopic (exact) mass is 242 g/mol. The molecule has 0 N–H and O–H groups in total. The highest BCUT2D eigenvalue weighted by atomic mass is 32.2. The number of hydrogen-bond donors (Lipinski definition) is 0. The Morgan fingerprint density at radius 3 is 2.44 bits per heavy atom. The minimum atomic E-state index is -0.177. The Hall–Kier alpha value is -0.710. The molecule has 2 aliphatic rings. The number of thioether (sulfide) groups is 1. The lowest BCUT2D eigenvalue weighted by molar-refractivity contribution is -0.114. The van der Waals surface area contributed by atoms with Crippen LogP contribution < -0.4 is 0 Å². The Morgan fingerprint density at radius 2 is 1.81 bits per heavy atom. The van der Waals surface area contributed by atoms with Crippen LogP contribution >= 0.6 is 11.8 Å². The van der Waals surface area contributed by atoms with Crippen LogP contribution in [0.5, 0.6) is 0 Å². The standard InChI is InChI=1S/C11H18N2O2S/c1-3-5-12-8-7-16-10(14)9(8)13(6-4-2)11(12)15/h8-9H,3-7H2,1-2H3. The molecule has 2 heterocycles. The molecule has 16 heavy (non-hydrogen) atoms. The van der Waals surface area contributed by atoms with Gasteiger partial charge in [-0.05, 0) is 12.8 Å². The molecule has 0 aliphatic carbocycles. The second-order valence-corrected chi connectivity index (χ2v) is 5.34. The van der Waals surface area contributed by atoms with Gasteiger partial charge in [0, 0.05) is 18.8 Å². The summed E-state index contributed by atoms with van der Waals surface area (Å²) in [5.74, 6) is 0.773. The van der Waals surface area contributed by atoms with Crippen molar-refractivity contribution in [3.63, 3.8) is 0 Å². The van der Waals surface area contributed by atoms with Gasteiger partial charge in [0.1, 0.15) is 6.04 Å². The van der Waals surface area contributed by atoms with Crippen LogP contribution in [-0.4, -0.2) is 51.9 Å². The topological polar surface area (TPSA) is 40.6 Å². The molecule has 0 spiro atoms. The van der Waals surface area contributed by atoms with Gasteiger partial charge in [0.05, 0.1) is 6.04 Å². The molecule has 90 valence electrons. The molecule has 0 saturated carbocycles. The van der Waals surface area contributed by atoms with E-state index in [1.54, 1.807) is 4.90 Å². The van der Waals surface area contributed by atoms with Crippen molar-refractivity contribution in [3.05, 3.63) is 0 Å². The molecule has 0 radical (unpaired) electrons. The van der Waals surface area contributed by atoms with Gasteiger partial charge in [-0.15, -0.1) is 0 Å². The lowest BCUT2D eigenvalue weighted by Gasteiger charge is -2.20. The quantitative estimate of drug-likeness (QED) is 0.702. The van der Waals surface area contributed by atoms with Crippen LogP contribution in [0.1, 0.15) is 26.7 Å². The van der Waals surface area contributed by atoms with E-state index in [4.69, 9.17) is 0 Å². The average Bonchev–Trinajstić information content (AvgIpc) is 2.74. The molecule has 2 rings (SSSR count). The van der Waals surface area contributed by atoms with Crippen LogP contribution in [0.3, 0.4) is 0 Å². The fourth-order valence-electron chi connectivity index (χ4n) is 2.50. The lowest BCUT2D eigenvalue weighted by Crippen LogP contribution is -2.39. The lowest BCUT2D eigenvalue weighted by atomic mass is 10.1. The minimum Gasteiger partial charge on any atom is -0.318 e. The Labute approximate surface area is 100 Å². The number of rotatable bonds is 4. The van der Waals surface area contributed by atoms with Crippen LogP contribution in [0.15, 0.2) is 0 Å². The van der Waals surface area contributed by atoms with E-state index in [2.05, 4.69) is 6.92 Å². The molecular formula is C11H18N2O2S. The van der Waals surface area contributed by atoms with Crippen LogP contribution in [-0.2, 0) is 4.79 Å². The molecular weight excluding hydrogens is 224 g/mol. The minimum absolute atomic E-state index is 0.0624. The fraction of sp³-hybridized carbons (Fsp3) is 0.818. The first-order valence-electron chi connectivity index (χ1n) is 5.94. The molecule has 2 saturated heterocycles. The zero-order valence-corrected chi connectivity index (χ0v) is 10.6. The maximum absolute atomic E-state index is 12.1. The fourth-order valence-corrected chi connectivity index (χ4v) is 3.65. The first-order chi connectivity index (χ1) is 7.70. The van der Waals surface area contributed by atoms with Crippen LogP contribution in [0.2, 0.25) is 0 Å². The summed E-state index contributed by atoms with van der Waals surface area (Å²) in [6.45, 7) is 5.58. The maximum atomic E-state index is 12.1. The normalized spacial score (nSPS) is 29.1.